The zero-order valence-electron chi connectivity index (χ0n) is 15.8. The summed E-state index contributed by atoms with van der Waals surface area (Å²) in [6, 6.07) is 11.7. The Kier molecular flexibility index (Phi) is 5.76. The number of benzene rings is 2. The molecule has 0 radical (unpaired) electrons. The van der Waals surface area contributed by atoms with Crippen molar-refractivity contribution in [2.75, 3.05) is 21.6 Å². The smallest absolute Gasteiger partial charge is 0.310 e. The van der Waals surface area contributed by atoms with Gasteiger partial charge in [-0.1, -0.05) is 24.3 Å². The van der Waals surface area contributed by atoms with E-state index < -0.39 is 28.7 Å². The number of rotatable bonds is 4. The molecule has 2 aromatic rings. The predicted octanol–water partition coefficient (Wildman–Crippen LogP) is 5.43. The normalized spacial score (nSPS) is 16.2. The molecule has 30 heavy (non-hydrogen) atoms. The number of carbonyl (C=O) groups is 1. The van der Waals surface area contributed by atoms with Crippen LogP contribution in [0.4, 0.5) is 24.5 Å². The number of anilines is 2. The van der Waals surface area contributed by atoms with Gasteiger partial charge in [0, 0.05) is 5.69 Å². The number of hydrogen-bond acceptors (Lipinski definition) is 3. The van der Waals surface area contributed by atoms with E-state index in [1.54, 1.807) is 17.0 Å². The van der Waals surface area contributed by atoms with Crippen LogP contribution >= 0.6 is 23.2 Å². The number of nitrogens with zero attached hydrogens (tertiary/aromatic N) is 3. The molecule has 0 saturated carbocycles. The maximum Gasteiger partial charge on any atom is 0.417 e. The van der Waals surface area contributed by atoms with Crippen LogP contribution in [0, 0.1) is 18.3 Å². The number of hydrogen-bond donors (Lipinski definition) is 0. The molecular formula is C21H16Cl2F3N3O. The van der Waals surface area contributed by atoms with E-state index in [1.807, 2.05) is 19.1 Å². The fourth-order valence-corrected chi connectivity index (χ4v) is 4.15. The molecule has 0 aromatic heterocycles. The van der Waals surface area contributed by atoms with Crippen molar-refractivity contribution in [3.8, 4) is 6.07 Å². The van der Waals surface area contributed by atoms with Crippen LogP contribution < -0.4 is 9.80 Å². The number of alkyl halides is 5. The highest BCUT2D eigenvalue weighted by Crippen LogP contribution is 2.43. The van der Waals surface area contributed by atoms with Crippen molar-refractivity contribution in [1.29, 1.82) is 5.26 Å². The minimum Gasteiger partial charge on any atom is -0.310 e. The summed E-state index contributed by atoms with van der Waals surface area (Å²) >= 11 is 12.3. The molecule has 0 aliphatic carbocycles. The van der Waals surface area contributed by atoms with Crippen LogP contribution in [0.3, 0.4) is 0 Å². The van der Waals surface area contributed by atoms with Gasteiger partial charge in [-0.3, -0.25) is 9.69 Å². The minimum absolute atomic E-state index is 0.0782. The van der Waals surface area contributed by atoms with Crippen LogP contribution in [-0.2, 0) is 11.0 Å². The molecule has 9 heteroatoms. The second-order valence-electron chi connectivity index (χ2n) is 6.87. The zero-order chi connectivity index (χ0) is 22.3. The first-order valence-electron chi connectivity index (χ1n) is 8.74. The molecule has 0 N–H and O–H groups in total. The molecule has 0 atom stereocenters. The van der Waals surface area contributed by atoms with Gasteiger partial charge in [-0.25, -0.2) is 0 Å². The third kappa shape index (κ3) is 3.40. The average molecular weight is 454 g/mol. The second kappa shape index (κ2) is 7.86. The lowest BCUT2D eigenvalue weighted by Crippen LogP contribution is -2.52. The quantitative estimate of drug-likeness (QED) is 0.580. The number of halogens is 5. The van der Waals surface area contributed by atoms with Crippen LogP contribution in [0.15, 0.2) is 54.9 Å². The lowest BCUT2D eigenvalue weighted by molar-refractivity contribution is -0.137. The van der Waals surface area contributed by atoms with Crippen molar-refractivity contribution in [3.05, 3.63) is 71.6 Å². The lowest BCUT2D eigenvalue weighted by Gasteiger charge is -2.33. The number of amides is 1. The summed E-state index contributed by atoms with van der Waals surface area (Å²) in [6.45, 7) is 5.83. The van der Waals surface area contributed by atoms with E-state index >= 15 is 0 Å². The maximum atomic E-state index is 13.4. The Morgan fingerprint density at radius 1 is 1.10 bits per heavy atom. The molecule has 1 heterocycles. The molecule has 1 fully saturated rings. The molecule has 2 aromatic carbocycles. The Hall–Kier alpha value is -2.69. The highest BCUT2D eigenvalue weighted by Gasteiger charge is 2.55. The first-order valence-corrected chi connectivity index (χ1v) is 9.81. The van der Waals surface area contributed by atoms with Crippen molar-refractivity contribution in [2.24, 2.45) is 0 Å². The van der Waals surface area contributed by atoms with Gasteiger partial charge < -0.3 is 4.90 Å². The Balaban J connectivity index is 2.18. The first-order chi connectivity index (χ1) is 14.1. The predicted molar refractivity (Wildman–Crippen MR) is 111 cm³/mol. The van der Waals surface area contributed by atoms with Crippen molar-refractivity contribution in [3.63, 3.8) is 0 Å². The summed E-state index contributed by atoms with van der Waals surface area (Å²) in [5.74, 6) is -0.902. The fourth-order valence-electron chi connectivity index (χ4n) is 3.40. The third-order valence-electron chi connectivity index (χ3n) is 4.97. The van der Waals surface area contributed by atoms with Crippen LogP contribution in [-0.4, -0.2) is 23.2 Å². The van der Waals surface area contributed by atoms with Crippen molar-refractivity contribution in [2.45, 2.75) is 18.6 Å². The van der Waals surface area contributed by atoms with Gasteiger partial charge in [0.15, 0.2) is 5.54 Å². The van der Waals surface area contributed by atoms with Gasteiger partial charge in [0.05, 0.1) is 34.6 Å². The lowest BCUT2D eigenvalue weighted by atomic mass is 10.0. The van der Waals surface area contributed by atoms with Gasteiger partial charge in [-0.05, 0) is 37.3 Å². The van der Waals surface area contributed by atoms with Gasteiger partial charge in [0.25, 0.3) is 5.91 Å². The molecule has 1 saturated heterocycles. The van der Waals surface area contributed by atoms with E-state index in [0.717, 1.165) is 22.6 Å². The summed E-state index contributed by atoms with van der Waals surface area (Å²) in [6.07, 6.45) is -4.77. The molecule has 156 valence electrons. The molecular weight excluding hydrogens is 438 g/mol. The number of aryl methyl sites for hydroxylation is 1. The van der Waals surface area contributed by atoms with E-state index in [9.17, 15) is 18.0 Å². The number of carbonyl (C=O) groups excluding carboxylic acids is 1. The molecule has 0 bridgehead atoms. The van der Waals surface area contributed by atoms with E-state index in [1.165, 1.54) is 12.1 Å². The fraction of sp³-hybridized carbons (Fsp3) is 0.238. The van der Waals surface area contributed by atoms with Crippen molar-refractivity contribution in [1.82, 2.24) is 0 Å². The van der Waals surface area contributed by atoms with E-state index in [-0.39, 0.29) is 23.3 Å². The molecule has 4 nitrogen and oxygen atoms in total. The summed E-state index contributed by atoms with van der Waals surface area (Å²) in [5, 5.41) is 9.02. The standard InChI is InChI=1S/C21H16Cl2F3N3O/c1-13-3-6-16(7-4-13)29-14(2)28(19(30)20(29,11-22)12-23)17-8-5-15(10-27)18(9-17)21(24,25)26/h3-9H,2,11-12H2,1H3. The highest BCUT2D eigenvalue weighted by molar-refractivity contribution is 6.29. The highest BCUT2D eigenvalue weighted by atomic mass is 35.5. The molecule has 1 aliphatic heterocycles. The molecule has 0 spiro atoms. The number of nitriles is 1. The van der Waals surface area contributed by atoms with Crippen molar-refractivity contribution >= 4 is 40.5 Å². The minimum atomic E-state index is -4.77. The van der Waals surface area contributed by atoms with E-state index in [4.69, 9.17) is 28.5 Å². The third-order valence-corrected chi connectivity index (χ3v) is 5.85. The zero-order valence-corrected chi connectivity index (χ0v) is 17.3. The van der Waals surface area contributed by atoms with E-state index in [2.05, 4.69) is 6.58 Å². The van der Waals surface area contributed by atoms with Crippen LogP contribution in [0.5, 0.6) is 0 Å². The van der Waals surface area contributed by atoms with Gasteiger partial charge in [0.2, 0.25) is 0 Å². The molecule has 1 aliphatic rings. The molecule has 3 rings (SSSR count). The van der Waals surface area contributed by atoms with Gasteiger partial charge in [-0.2, -0.15) is 18.4 Å². The van der Waals surface area contributed by atoms with Crippen LogP contribution in [0.25, 0.3) is 0 Å². The average Bonchev–Trinajstić information content (AvgIpc) is 2.94. The summed E-state index contributed by atoms with van der Waals surface area (Å²) in [4.78, 5) is 16.0. The SMILES string of the molecule is C=C1N(c2ccc(C#N)c(C(F)(F)F)c2)C(=O)C(CCl)(CCl)N1c1ccc(C)cc1. The van der Waals surface area contributed by atoms with Crippen LogP contribution in [0.1, 0.15) is 16.7 Å². The molecule has 0 unspecified atom stereocenters. The maximum absolute atomic E-state index is 13.4. The largest absolute Gasteiger partial charge is 0.417 e. The summed E-state index contributed by atoms with van der Waals surface area (Å²) in [5.41, 5.74) is -1.63. The Morgan fingerprint density at radius 2 is 1.67 bits per heavy atom. The Labute approximate surface area is 181 Å². The summed E-state index contributed by atoms with van der Waals surface area (Å²) < 4.78 is 40.3. The monoisotopic (exact) mass is 453 g/mol. The first kappa shape index (κ1) is 22.0. The molecule has 1 amide bonds. The van der Waals surface area contributed by atoms with Gasteiger partial charge in [0.1, 0.15) is 5.82 Å². The van der Waals surface area contributed by atoms with Crippen molar-refractivity contribution < 1.29 is 18.0 Å². The Bertz CT molecular complexity index is 1040. The second-order valence-corrected chi connectivity index (χ2v) is 7.40. The van der Waals surface area contributed by atoms with E-state index in [0.29, 0.717) is 5.69 Å². The summed E-state index contributed by atoms with van der Waals surface area (Å²) in [7, 11) is 0. The van der Waals surface area contributed by atoms with Gasteiger partial charge in [-0.15, -0.1) is 23.2 Å². The topological polar surface area (TPSA) is 47.3 Å². The Morgan fingerprint density at radius 3 is 2.17 bits per heavy atom. The van der Waals surface area contributed by atoms with Crippen LogP contribution in [0.2, 0.25) is 0 Å². The van der Waals surface area contributed by atoms with Gasteiger partial charge >= 0.3 is 6.18 Å².